The Balaban J connectivity index is 1.65. The summed E-state index contributed by atoms with van der Waals surface area (Å²) in [6, 6.07) is -0.305. The lowest BCUT2D eigenvalue weighted by Gasteiger charge is -2.67. The van der Waals surface area contributed by atoms with Gasteiger partial charge >= 0.3 is 0 Å². The molecule has 5 saturated carbocycles. The molecule has 0 radical (unpaired) electrons. The Morgan fingerprint density at radius 1 is 0.939 bits per heavy atom. The van der Waals surface area contributed by atoms with E-state index in [4.69, 9.17) is 18.9 Å². The molecule has 1 unspecified atom stereocenters. The molecule has 1 heterocycles. The Kier molecular flexibility index (Phi) is 4.80. The minimum absolute atomic E-state index is 0.146. The second-order valence-corrected chi connectivity index (χ2v) is 11.5. The minimum atomic E-state index is -1.76. The Bertz CT molecular complexity index is 832. The van der Waals surface area contributed by atoms with Crippen molar-refractivity contribution >= 4 is 0 Å². The molecule has 0 aromatic carbocycles. The molecule has 7 bridgehead atoms. The highest BCUT2D eigenvalue weighted by Crippen LogP contribution is 2.78. The van der Waals surface area contributed by atoms with E-state index < -0.39 is 76.4 Å². The molecule has 5 aliphatic carbocycles. The van der Waals surface area contributed by atoms with Crippen LogP contribution in [-0.4, -0.2) is 121 Å². The first-order valence-corrected chi connectivity index (χ1v) is 12.0. The number of nitrogens with one attached hydrogen (secondary N) is 1. The van der Waals surface area contributed by atoms with Crippen molar-refractivity contribution in [2.45, 2.75) is 66.7 Å². The van der Waals surface area contributed by atoms with Crippen LogP contribution >= 0.6 is 0 Å². The van der Waals surface area contributed by atoms with Gasteiger partial charge in [0.15, 0.2) is 0 Å². The number of fused-ring (bicyclic) bond motifs is 2. The molecule has 6 fully saturated rings. The van der Waals surface area contributed by atoms with Gasteiger partial charge < -0.3 is 49.8 Å². The maximum Gasteiger partial charge on any atom is 0.120 e. The molecule has 0 aromatic heterocycles. The summed E-state index contributed by atoms with van der Waals surface area (Å²) >= 11 is 0. The van der Waals surface area contributed by atoms with E-state index in [9.17, 15) is 25.5 Å². The number of methoxy groups -OCH3 is 4. The summed E-state index contributed by atoms with van der Waals surface area (Å²) in [5, 5.41) is 62.0. The van der Waals surface area contributed by atoms with Gasteiger partial charge in [0.25, 0.3) is 0 Å². The first-order valence-electron chi connectivity index (χ1n) is 12.0. The van der Waals surface area contributed by atoms with Crippen LogP contribution in [0, 0.1) is 34.5 Å². The number of hydrogen-bond acceptors (Lipinski definition) is 10. The SMILES string of the molecule is COC[C@]12CN[C@@H]3[C@@H]4[C@H](OC)[C@H]1[C@@]3([C@@H](OC)CC2O)[C@@H]1C[C@]2(O)[C@H](O)[C@@H]1[C@]4(O)[C@@H](O)[C@@H]2OC. The largest absolute Gasteiger partial charge is 0.392 e. The molecule has 6 aliphatic rings. The van der Waals surface area contributed by atoms with Gasteiger partial charge in [-0.15, -0.1) is 0 Å². The Hall–Kier alpha value is -0.400. The maximum absolute atomic E-state index is 12.4. The third-order valence-electron chi connectivity index (χ3n) is 11.1. The van der Waals surface area contributed by atoms with E-state index in [1.807, 2.05) is 0 Å². The van der Waals surface area contributed by atoms with Crippen LogP contribution in [0.1, 0.15) is 12.8 Å². The van der Waals surface area contributed by atoms with Crippen molar-refractivity contribution in [3.63, 3.8) is 0 Å². The fourth-order valence-corrected chi connectivity index (χ4v) is 10.4. The lowest BCUT2D eigenvalue weighted by Crippen LogP contribution is -2.80. The normalized spacial score (nSPS) is 64.8. The zero-order chi connectivity index (χ0) is 23.7. The monoisotopic (exact) mass is 471 g/mol. The second kappa shape index (κ2) is 6.88. The number of aliphatic hydroxyl groups is 5. The minimum Gasteiger partial charge on any atom is -0.392 e. The third kappa shape index (κ3) is 2.11. The molecule has 1 aliphatic heterocycles. The summed E-state index contributed by atoms with van der Waals surface area (Å²) < 4.78 is 23.4. The zero-order valence-electron chi connectivity index (χ0n) is 19.5. The lowest BCUT2D eigenvalue weighted by molar-refractivity contribution is -0.307. The van der Waals surface area contributed by atoms with E-state index in [-0.39, 0.29) is 25.0 Å². The smallest absolute Gasteiger partial charge is 0.120 e. The van der Waals surface area contributed by atoms with Crippen LogP contribution in [0.3, 0.4) is 0 Å². The maximum atomic E-state index is 12.4. The third-order valence-corrected chi connectivity index (χ3v) is 11.1. The molecule has 0 aromatic rings. The van der Waals surface area contributed by atoms with Gasteiger partial charge in [-0.1, -0.05) is 0 Å². The molecule has 188 valence electrons. The molecular formula is C23H37NO9. The number of piperidine rings is 1. The second-order valence-electron chi connectivity index (χ2n) is 11.5. The van der Waals surface area contributed by atoms with Crippen LogP contribution in [0.5, 0.6) is 0 Å². The van der Waals surface area contributed by atoms with Crippen molar-refractivity contribution in [1.29, 1.82) is 0 Å². The van der Waals surface area contributed by atoms with Gasteiger partial charge in [-0.3, -0.25) is 0 Å². The van der Waals surface area contributed by atoms with Gasteiger partial charge in [0, 0.05) is 76.0 Å². The number of rotatable bonds is 5. The average Bonchev–Trinajstić information content (AvgIpc) is 3.12. The molecule has 10 heteroatoms. The lowest BCUT2D eigenvalue weighted by atomic mass is 9.43. The highest BCUT2D eigenvalue weighted by Gasteiger charge is 2.89. The summed E-state index contributed by atoms with van der Waals surface area (Å²) in [6.45, 7) is 0.755. The van der Waals surface area contributed by atoms with Gasteiger partial charge in [0.1, 0.15) is 23.4 Å². The van der Waals surface area contributed by atoms with E-state index in [0.717, 1.165) is 0 Å². The van der Waals surface area contributed by atoms with E-state index in [1.165, 1.54) is 7.11 Å². The Morgan fingerprint density at radius 3 is 2.27 bits per heavy atom. The first kappa shape index (κ1) is 23.0. The topological polar surface area (TPSA) is 150 Å². The van der Waals surface area contributed by atoms with Gasteiger partial charge in [-0.05, 0) is 12.3 Å². The van der Waals surface area contributed by atoms with Crippen molar-refractivity contribution in [3.8, 4) is 0 Å². The van der Waals surface area contributed by atoms with Crippen LogP contribution in [0.2, 0.25) is 0 Å². The summed E-state index contributed by atoms with van der Waals surface area (Å²) in [5.74, 6) is -2.08. The van der Waals surface area contributed by atoms with E-state index in [2.05, 4.69) is 5.32 Å². The van der Waals surface area contributed by atoms with Gasteiger partial charge in [-0.2, -0.15) is 0 Å². The molecular weight excluding hydrogens is 434 g/mol. The quantitative estimate of drug-likeness (QED) is 0.254. The number of ether oxygens (including phenoxy) is 4. The van der Waals surface area contributed by atoms with Crippen LogP contribution in [0.25, 0.3) is 0 Å². The highest BCUT2D eigenvalue weighted by molar-refractivity contribution is 5.39. The molecule has 15 atom stereocenters. The van der Waals surface area contributed by atoms with Crippen molar-refractivity contribution in [2.24, 2.45) is 34.5 Å². The van der Waals surface area contributed by atoms with Crippen LogP contribution in [0.4, 0.5) is 0 Å². The van der Waals surface area contributed by atoms with Crippen molar-refractivity contribution in [2.75, 3.05) is 41.6 Å². The van der Waals surface area contributed by atoms with E-state index in [0.29, 0.717) is 13.0 Å². The van der Waals surface area contributed by atoms with Gasteiger partial charge in [0.05, 0.1) is 31.0 Å². The van der Waals surface area contributed by atoms with E-state index in [1.54, 1.807) is 21.3 Å². The summed E-state index contributed by atoms with van der Waals surface area (Å²) in [6.07, 6.45) is -4.99. The number of aliphatic hydroxyl groups excluding tert-OH is 3. The van der Waals surface area contributed by atoms with Crippen LogP contribution in [-0.2, 0) is 18.9 Å². The van der Waals surface area contributed by atoms with Gasteiger partial charge in [0.2, 0.25) is 0 Å². The van der Waals surface area contributed by atoms with Crippen LogP contribution in [0.15, 0.2) is 0 Å². The zero-order valence-corrected chi connectivity index (χ0v) is 19.5. The van der Waals surface area contributed by atoms with Crippen molar-refractivity contribution < 1.29 is 44.5 Å². The first-order chi connectivity index (χ1) is 15.7. The average molecular weight is 472 g/mol. The van der Waals surface area contributed by atoms with Crippen molar-refractivity contribution in [1.82, 2.24) is 5.32 Å². The predicted octanol–water partition coefficient (Wildman–Crippen LogP) is -2.52. The molecule has 33 heavy (non-hydrogen) atoms. The Morgan fingerprint density at radius 2 is 1.67 bits per heavy atom. The van der Waals surface area contributed by atoms with Crippen LogP contribution < -0.4 is 5.32 Å². The highest BCUT2D eigenvalue weighted by atomic mass is 16.5. The summed E-state index contributed by atoms with van der Waals surface area (Å²) in [5.41, 5.74) is -4.83. The van der Waals surface area contributed by atoms with Gasteiger partial charge in [-0.25, -0.2) is 0 Å². The molecule has 6 rings (SSSR count). The Labute approximate surface area is 193 Å². The van der Waals surface area contributed by atoms with Crippen molar-refractivity contribution in [3.05, 3.63) is 0 Å². The summed E-state index contributed by atoms with van der Waals surface area (Å²) in [4.78, 5) is 0. The standard InChI is InChI=1S/C23H37NO9/c1-30-8-20-7-24-16-13-14(32-3)15(20)22(16,11(31-2)5-10(20)25)9-6-21(28)17(26)12(9)23(13,29)18(27)19(21)33-4/h9-19,24-29H,5-8H2,1-4H3/t9-,10?,11+,12-,13+,14+,15-,16-,17-,18+,19+,20+,21+,22+,23-/m1/s1. The number of hydrogen-bond donors (Lipinski definition) is 6. The molecule has 6 N–H and O–H groups in total. The fourth-order valence-electron chi connectivity index (χ4n) is 10.4. The molecule has 1 spiro atoms. The predicted molar refractivity (Wildman–Crippen MR) is 112 cm³/mol. The molecule has 0 amide bonds. The molecule has 1 saturated heterocycles. The van der Waals surface area contributed by atoms with E-state index >= 15 is 0 Å². The fraction of sp³-hybridized carbons (Fsp3) is 1.00. The summed E-state index contributed by atoms with van der Waals surface area (Å²) in [7, 11) is 6.21. The molecule has 10 nitrogen and oxygen atoms in total.